The van der Waals surface area contributed by atoms with Gasteiger partial charge in [0, 0.05) is 11.1 Å². The number of fused-ring (bicyclic) bond motifs is 3. The van der Waals surface area contributed by atoms with Crippen LogP contribution in [0, 0.1) is 0 Å². The Kier molecular flexibility index (Phi) is 3.51. The molecule has 0 aliphatic heterocycles. The van der Waals surface area contributed by atoms with Gasteiger partial charge in [0.25, 0.3) is 0 Å². The molecule has 2 heteroatoms. The average Bonchev–Trinajstić information content (AvgIpc) is 2.65. The smallest absolute Gasteiger partial charge is 0.194 e. The first kappa shape index (κ1) is 14.5. The number of allylic oxidation sites excluding steroid dienone is 1. The first-order valence-corrected chi connectivity index (χ1v) is 7.87. The van der Waals surface area contributed by atoms with Gasteiger partial charge in [0.2, 0.25) is 0 Å². The number of methoxy groups -OCH3 is 1. The van der Waals surface area contributed by atoms with Crippen molar-refractivity contribution in [1.82, 2.24) is 0 Å². The predicted octanol–water partition coefficient (Wildman–Crippen LogP) is 5.10. The van der Waals surface area contributed by atoms with Crippen molar-refractivity contribution < 1.29 is 9.53 Å². The maximum absolute atomic E-state index is 13.0. The zero-order valence-corrected chi connectivity index (χ0v) is 13.3. The van der Waals surface area contributed by atoms with E-state index in [0.717, 1.165) is 39.1 Å². The Morgan fingerprint density at radius 1 is 0.708 bits per heavy atom. The molecule has 3 aromatic carbocycles. The Morgan fingerprint density at radius 2 is 1.25 bits per heavy atom. The number of ether oxygens (including phenoxy) is 1. The summed E-state index contributed by atoms with van der Waals surface area (Å²) in [4.78, 5) is 13.0. The lowest BCUT2D eigenvalue weighted by Gasteiger charge is -2.21. The molecule has 0 saturated heterocycles. The number of Topliss-reactive ketones (excluding diaryl/α,β-unsaturated/α-hetero) is 1. The molecule has 1 aliphatic carbocycles. The molecule has 1 aliphatic rings. The van der Waals surface area contributed by atoms with E-state index >= 15 is 0 Å². The van der Waals surface area contributed by atoms with Crippen LogP contribution in [0.4, 0.5) is 0 Å². The third-order valence-corrected chi connectivity index (χ3v) is 4.35. The molecule has 0 bridgehead atoms. The summed E-state index contributed by atoms with van der Waals surface area (Å²) >= 11 is 0. The molecule has 0 aromatic heterocycles. The van der Waals surface area contributed by atoms with Crippen molar-refractivity contribution in [2.24, 2.45) is 0 Å². The Morgan fingerprint density at radius 3 is 1.88 bits per heavy atom. The number of carbonyl (C=O) groups is 1. The Balaban J connectivity index is 1.89. The minimum absolute atomic E-state index is 0.0696. The number of rotatable bonds is 2. The molecule has 116 valence electrons. The van der Waals surface area contributed by atoms with Gasteiger partial charge in [-0.25, -0.2) is 0 Å². The third kappa shape index (κ3) is 2.33. The van der Waals surface area contributed by atoms with Gasteiger partial charge in [-0.15, -0.1) is 0 Å². The quantitative estimate of drug-likeness (QED) is 0.615. The lowest BCUT2D eigenvalue weighted by Crippen LogP contribution is -2.11. The molecule has 0 heterocycles. The van der Waals surface area contributed by atoms with E-state index in [1.165, 1.54) is 0 Å². The van der Waals surface area contributed by atoms with Crippen molar-refractivity contribution in [3.8, 4) is 16.9 Å². The van der Waals surface area contributed by atoms with E-state index in [1.807, 2.05) is 72.8 Å². The number of hydrogen-bond acceptors (Lipinski definition) is 2. The van der Waals surface area contributed by atoms with Gasteiger partial charge in [0.15, 0.2) is 5.78 Å². The molecule has 0 saturated carbocycles. The van der Waals surface area contributed by atoms with E-state index in [2.05, 4.69) is 6.07 Å². The largest absolute Gasteiger partial charge is 0.497 e. The lowest BCUT2D eigenvalue weighted by atomic mass is 9.81. The lowest BCUT2D eigenvalue weighted by molar-refractivity contribution is 0.105. The Bertz CT molecular complexity index is 950. The summed E-state index contributed by atoms with van der Waals surface area (Å²) < 4.78 is 5.20. The van der Waals surface area contributed by atoms with E-state index in [9.17, 15) is 4.79 Å². The summed E-state index contributed by atoms with van der Waals surface area (Å²) in [5, 5.41) is 0. The van der Waals surface area contributed by atoms with Crippen LogP contribution in [-0.4, -0.2) is 12.9 Å². The van der Waals surface area contributed by atoms with Crippen molar-refractivity contribution in [2.45, 2.75) is 0 Å². The number of hydrogen-bond donors (Lipinski definition) is 0. The van der Waals surface area contributed by atoms with Gasteiger partial charge in [-0.3, -0.25) is 4.79 Å². The van der Waals surface area contributed by atoms with Crippen molar-refractivity contribution in [1.29, 1.82) is 0 Å². The van der Waals surface area contributed by atoms with Crippen LogP contribution in [-0.2, 0) is 0 Å². The SMILES string of the molecule is COc1ccc(/C=C2/C(=O)c3ccccc3-c3ccccc32)cc1. The molecule has 0 fully saturated rings. The minimum atomic E-state index is 0.0696. The zero-order chi connectivity index (χ0) is 16.5. The van der Waals surface area contributed by atoms with Crippen LogP contribution >= 0.6 is 0 Å². The fourth-order valence-corrected chi connectivity index (χ4v) is 3.15. The Hall–Kier alpha value is -3.13. The summed E-state index contributed by atoms with van der Waals surface area (Å²) in [6, 6.07) is 23.6. The summed E-state index contributed by atoms with van der Waals surface area (Å²) in [6.07, 6.45) is 1.95. The van der Waals surface area contributed by atoms with Crippen molar-refractivity contribution >= 4 is 17.4 Å². The topological polar surface area (TPSA) is 26.3 Å². The summed E-state index contributed by atoms with van der Waals surface area (Å²) in [7, 11) is 1.64. The molecule has 0 spiro atoms. The fraction of sp³-hybridized carbons (Fsp3) is 0.0455. The third-order valence-electron chi connectivity index (χ3n) is 4.35. The molecular formula is C22H16O2. The molecule has 24 heavy (non-hydrogen) atoms. The normalized spacial score (nSPS) is 14.2. The van der Waals surface area contributed by atoms with E-state index < -0.39 is 0 Å². The highest BCUT2D eigenvalue weighted by atomic mass is 16.5. The second kappa shape index (κ2) is 5.82. The Labute approximate surface area is 141 Å². The first-order valence-electron chi connectivity index (χ1n) is 7.87. The molecule has 0 N–H and O–H groups in total. The van der Waals surface area contributed by atoms with Crippen molar-refractivity contribution in [3.05, 3.63) is 89.5 Å². The van der Waals surface area contributed by atoms with Crippen LogP contribution < -0.4 is 4.74 Å². The maximum atomic E-state index is 13.0. The molecule has 3 aromatic rings. The first-order chi connectivity index (χ1) is 11.8. The summed E-state index contributed by atoms with van der Waals surface area (Å²) in [6.45, 7) is 0. The number of carbonyl (C=O) groups excluding carboxylic acids is 1. The highest BCUT2D eigenvalue weighted by Crippen LogP contribution is 2.39. The zero-order valence-electron chi connectivity index (χ0n) is 13.3. The van der Waals surface area contributed by atoms with E-state index in [4.69, 9.17) is 4.74 Å². The van der Waals surface area contributed by atoms with Crippen LogP contribution in [0.15, 0.2) is 72.8 Å². The van der Waals surface area contributed by atoms with Crippen molar-refractivity contribution in [3.63, 3.8) is 0 Å². The number of ketones is 1. The number of benzene rings is 3. The highest BCUT2D eigenvalue weighted by Gasteiger charge is 2.26. The fourth-order valence-electron chi connectivity index (χ4n) is 3.15. The molecule has 0 atom stereocenters. The van der Waals surface area contributed by atoms with Crippen LogP contribution in [0.25, 0.3) is 22.8 Å². The van der Waals surface area contributed by atoms with Crippen LogP contribution in [0.3, 0.4) is 0 Å². The predicted molar refractivity (Wildman–Crippen MR) is 97.1 cm³/mol. The average molecular weight is 312 g/mol. The van der Waals surface area contributed by atoms with E-state index in [0.29, 0.717) is 0 Å². The minimum Gasteiger partial charge on any atom is -0.497 e. The van der Waals surface area contributed by atoms with Gasteiger partial charge >= 0.3 is 0 Å². The molecule has 0 amide bonds. The van der Waals surface area contributed by atoms with Gasteiger partial charge in [0.1, 0.15) is 5.75 Å². The molecule has 0 radical (unpaired) electrons. The van der Waals surface area contributed by atoms with Gasteiger partial charge in [-0.05, 0) is 40.5 Å². The van der Waals surface area contributed by atoms with Crippen molar-refractivity contribution in [2.75, 3.05) is 7.11 Å². The van der Waals surface area contributed by atoms with Crippen LogP contribution in [0.1, 0.15) is 21.5 Å². The second-order valence-corrected chi connectivity index (χ2v) is 5.75. The van der Waals surface area contributed by atoms with Gasteiger partial charge in [0.05, 0.1) is 7.11 Å². The summed E-state index contributed by atoms with van der Waals surface area (Å²) in [5.74, 6) is 0.873. The molecule has 0 unspecified atom stereocenters. The van der Waals surface area contributed by atoms with Gasteiger partial charge < -0.3 is 4.74 Å². The van der Waals surface area contributed by atoms with E-state index in [-0.39, 0.29) is 5.78 Å². The van der Waals surface area contributed by atoms with Crippen LogP contribution in [0.5, 0.6) is 5.75 Å². The highest BCUT2D eigenvalue weighted by molar-refractivity contribution is 6.37. The standard InChI is InChI=1S/C22H16O2/c1-24-16-12-10-15(11-13-16)14-21-19-8-3-2-6-17(19)18-7-4-5-9-20(18)22(21)23/h2-14H,1H3/b21-14+. The molecule has 4 rings (SSSR count). The molecule has 2 nitrogen and oxygen atoms in total. The summed E-state index contributed by atoms with van der Waals surface area (Å²) in [5.41, 5.74) is 5.56. The monoisotopic (exact) mass is 312 g/mol. The van der Waals surface area contributed by atoms with Gasteiger partial charge in [-0.1, -0.05) is 60.7 Å². The van der Waals surface area contributed by atoms with E-state index in [1.54, 1.807) is 7.11 Å². The second-order valence-electron chi connectivity index (χ2n) is 5.75. The van der Waals surface area contributed by atoms with Crippen LogP contribution in [0.2, 0.25) is 0 Å². The molecular weight excluding hydrogens is 296 g/mol. The maximum Gasteiger partial charge on any atom is 0.194 e. The van der Waals surface area contributed by atoms with Gasteiger partial charge in [-0.2, -0.15) is 0 Å².